The van der Waals surface area contributed by atoms with Gasteiger partial charge in [-0.2, -0.15) is 5.01 Å². The van der Waals surface area contributed by atoms with Gasteiger partial charge in [0.2, 0.25) is 11.8 Å². The fourth-order valence-electron chi connectivity index (χ4n) is 9.75. The van der Waals surface area contributed by atoms with Gasteiger partial charge in [-0.15, -0.1) is 0 Å². The molecule has 0 unspecified atom stereocenters. The van der Waals surface area contributed by atoms with Gasteiger partial charge < -0.3 is 5.11 Å². The second-order valence-electron chi connectivity index (χ2n) is 14.9. The summed E-state index contributed by atoms with van der Waals surface area (Å²) in [6, 6.07) is 34.2. The van der Waals surface area contributed by atoms with Crippen molar-refractivity contribution in [1.29, 1.82) is 0 Å². The summed E-state index contributed by atoms with van der Waals surface area (Å²) in [7, 11) is 0. The minimum absolute atomic E-state index is 0.0872. The van der Waals surface area contributed by atoms with Crippen molar-refractivity contribution in [1.82, 2.24) is 5.01 Å². The third-order valence-electron chi connectivity index (χ3n) is 12.2. The Morgan fingerprint density at radius 2 is 1.44 bits per heavy atom. The molecule has 6 atom stereocenters. The number of anilines is 2. The Balaban J connectivity index is 1.25. The first kappa shape index (κ1) is 33.5. The number of nitrogens with zero attached hydrogens (tertiary/aromatic N) is 2. The van der Waals surface area contributed by atoms with Gasteiger partial charge in [0, 0.05) is 16.9 Å². The van der Waals surface area contributed by atoms with E-state index in [1.165, 1.54) is 11.8 Å². The number of hydrogen-bond acceptors (Lipinski definition) is 7. The molecule has 1 saturated carbocycles. The number of rotatable bonds is 6. The van der Waals surface area contributed by atoms with E-state index < -0.39 is 46.8 Å². The summed E-state index contributed by atoms with van der Waals surface area (Å²) in [5.41, 5.74) is 6.44. The normalized spacial score (nSPS) is 26.0. The van der Waals surface area contributed by atoms with Crippen molar-refractivity contribution in [3.05, 3.63) is 149 Å². The monoisotopic (exact) mass is 715 g/mol. The van der Waals surface area contributed by atoms with Gasteiger partial charge in [0.25, 0.3) is 11.8 Å². The van der Waals surface area contributed by atoms with Gasteiger partial charge in [0.1, 0.15) is 5.75 Å². The highest BCUT2D eigenvalue weighted by molar-refractivity contribution is 6.23. The number of fused-ring (bicyclic) bond motifs is 5. The Labute approximate surface area is 311 Å². The number of phenols is 1. The van der Waals surface area contributed by atoms with Crippen LogP contribution in [0.4, 0.5) is 11.4 Å². The van der Waals surface area contributed by atoms with Crippen LogP contribution in [0, 0.1) is 30.6 Å². The first-order valence-corrected chi connectivity index (χ1v) is 18.3. The molecule has 9 heteroatoms. The van der Waals surface area contributed by atoms with Crippen LogP contribution in [0.2, 0.25) is 0 Å². The van der Waals surface area contributed by atoms with Crippen LogP contribution < -0.4 is 10.3 Å². The van der Waals surface area contributed by atoms with E-state index in [0.717, 1.165) is 27.1 Å². The second-order valence-corrected chi connectivity index (χ2v) is 14.9. The molecule has 2 saturated heterocycles. The van der Waals surface area contributed by atoms with E-state index in [9.17, 15) is 24.3 Å². The van der Waals surface area contributed by atoms with Crippen molar-refractivity contribution in [3.63, 3.8) is 0 Å². The first-order valence-electron chi connectivity index (χ1n) is 18.3. The van der Waals surface area contributed by atoms with Gasteiger partial charge in [-0.1, -0.05) is 90.0 Å². The molecule has 0 bridgehead atoms. The number of Topliss-reactive ketones (excluding diaryl/α,β-unsaturated/α-hetero) is 1. The average Bonchev–Trinajstić information content (AvgIpc) is 3.57. The first-order chi connectivity index (χ1) is 26.1. The van der Waals surface area contributed by atoms with Crippen LogP contribution in [0.1, 0.15) is 52.7 Å². The van der Waals surface area contributed by atoms with Gasteiger partial charge in [0.15, 0.2) is 5.78 Å². The van der Waals surface area contributed by atoms with Gasteiger partial charge in [-0.25, -0.2) is 0 Å². The van der Waals surface area contributed by atoms with Crippen molar-refractivity contribution in [2.45, 2.75) is 38.0 Å². The second kappa shape index (κ2) is 12.4. The maximum absolute atomic E-state index is 15.5. The molecular formula is C45H37N3O6. The van der Waals surface area contributed by atoms with Crippen LogP contribution in [0.25, 0.3) is 10.8 Å². The number of amides is 4. The fourth-order valence-corrected chi connectivity index (χ4v) is 9.75. The number of hydrogen-bond donors (Lipinski definition) is 2. The summed E-state index contributed by atoms with van der Waals surface area (Å²) in [4.78, 5) is 72.5. The Kier molecular flexibility index (Phi) is 7.67. The number of phenolic OH excluding ortho intramolecular Hbond substituents is 1. The summed E-state index contributed by atoms with van der Waals surface area (Å²) in [6.07, 6.45) is 2.47. The standard InChI is InChI=1S/C45H37N3O6/c1-25-12-16-29(17-13-25)46-48-42(52)37-24-36-34(20-21-35-39(36)43(53)47(41(35)51)30-18-14-27(15-19-30)26(2)49)40(45(37,44(48)54)28-8-4-3-5-9-28)33-22-23-38(50)32-11-7-6-10-31(32)33/h3-20,22-23,35-37,39-40,46,50H,21,24H2,1-2H3/t35-,36+,37-,39-,40-,45+/m0/s1. The molecule has 2 N–H and O–H groups in total. The summed E-state index contributed by atoms with van der Waals surface area (Å²) in [5, 5.41) is 13.5. The molecule has 268 valence electrons. The molecule has 3 fully saturated rings. The molecule has 4 amide bonds. The predicted molar refractivity (Wildman–Crippen MR) is 203 cm³/mol. The number of hydrazine groups is 1. The van der Waals surface area contributed by atoms with Crippen molar-refractivity contribution in [2.24, 2.45) is 23.7 Å². The van der Waals surface area contributed by atoms with E-state index in [2.05, 4.69) is 5.43 Å². The summed E-state index contributed by atoms with van der Waals surface area (Å²) in [5.74, 6) is -5.15. The van der Waals surface area contributed by atoms with Gasteiger partial charge in [-0.05, 0) is 91.6 Å². The van der Waals surface area contributed by atoms with E-state index in [-0.39, 0.29) is 36.2 Å². The molecule has 2 heterocycles. The van der Waals surface area contributed by atoms with Crippen molar-refractivity contribution >= 4 is 51.6 Å². The zero-order valence-electron chi connectivity index (χ0n) is 29.7. The van der Waals surface area contributed by atoms with Crippen molar-refractivity contribution in [2.75, 3.05) is 10.3 Å². The molecule has 4 aliphatic rings. The molecule has 2 aliphatic heterocycles. The molecule has 54 heavy (non-hydrogen) atoms. The quantitative estimate of drug-likeness (QED) is 0.108. The van der Waals surface area contributed by atoms with Crippen LogP contribution in [-0.4, -0.2) is 39.5 Å². The zero-order chi connectivity index (χ0) is 37.5. The lowest BCUT2D eigenvalue weighted by Crippen LogP contribution is -2.53. The highest BCUT2D eigenvalue weighted by atomic mass is 16.3. The maximum Gasteiger partial charge on any atom is 0.260 e. The lowest BCUT2D eigenvalue weighted by atomic mass is 9.49. The van der Waals surface area contributed by atoms with Gasteiger partial charge in [-0.3, -0.25) is 34.3 Å². The number of aromatic hydroxyl groups is 1. The Morgan fingerprint density at radius 3 is 2.15 bits per heavy atom. The third-order valence-corrected chi connectivity index (χ3v) is 12.2. The van der Waals surface area contributed by atoms with Crippen LogP contribution in [-0.2, 0) is 24.6 Å². The zero-order valence-corrected chi connectivity index (χ0v) is 29.7. The largest absolute Gasteiger partial charge is 0.507 e. The molecule has 5 aromatic carbocycles. The summed E-state index contributed by atoms with van der Waals surface area (Å²) < 4.78 is 0. The van der Waals surface area contributed by atoms with E-state index in [1.54, 1.807) is 30.3 Å². The van der Waals surface area contributed by atoms with Crippen molar-refractivity contribution in [3.8, 4) is 5.75 Å². The maximum atomic E-state index is 15.5. The highest BCUT2D eigenvalue weighted by Gasteiger charge is 2.70. The van der Waals surface area contributed by atoms with E-state index in [0.29, 0.717) is 27.9 Å². The molecule has 0 aromatic heterocycles. The van der Waals surface area contributed by atoms with Gasteiger partial charge in [0.05, 0.1) is 34.5 Å². The average molecular weight is 716 g/mol. The number of carbonyl (C=O) groups is 5. The van der Waals surface area contributed by atoms with E-state index >= 15 is 4.79 Å². The topological polar surface area (TPSA) is 124 Å². The van der Waals surface area contributed by atoms with Crippen LogP contribution in [0.3, 0.4) is 0 Å². The van der Waals surface area contributed by atoms with Crippen LogP contribution >= 0.6 is 0 Å². The van der Waals surface area contributed by atoms with Crippen LogP contribution in [0.15, 0.2) is 127 Å². The molecular weight excluding hydrogens is 679 g/mol. The predicted octanol–water partition coefficient (Wildman–Crippen LogP) is 7.25. The Morgan fingerprint density at radius 1 is 0.759 bits per heavy atom. The summed E-state index contributed by atoms with van der Waals surface area (Å²) in [6.45, 7) is 3.42. The number of aryl methyl sites for hydroxylation is 1. The number of carbonyl (C=O) groups excluding carboxylic acids is 5. The Hall–Kier alpha value is -6.35. The lowest BCUT2D eigenvalue weighted by Gasteiger charge is -2.51. The fraction of sp³-hybridized carbons (Fsp3) is 0.222. The van der Waals surface area contributed by atoms with E-state index in [1.807, 2.05) is 97.9 Å². The van der Waals surface area contributed by atoms with E-state index in [4.69, 9.17) is 0 Å². The molecule has 9 nitrogen and oxygen atoms in total. The number of nitrogens with one attached hydrogen (secondary N) is 1. The molecule has 0 radical (unpaired) electrons. The molecule has 2 aliphatic carbocycles. The Bertz CT molecular complexity index is 2440. The number of ketones is 1. The minimum Gasteiger partial charge on any atom is -0.507 e. The number of allylic oxidation sites excluding steroid dienone is 2. The van der Waals surface area contributed by atoms with Crippen LogP contribution in [0.5, 0.6) is 5.75 Å². The van der Waals surface area contributed by atoms with Crippen molar-refractivity contribution < 1.29 is 29.1 Å². The minimum atomic E-state index is -1.43. The van der Waals surface area contributed by atoms with Gasteiger partial charge >= 0.3 is 0 Å². The SMILES string of the molecule is CC(=O)c1ccc(N2C(=O)[C@H]3[C@H](CC=C4[C@H]3C[C@H]3C(=O)N(Nc5ccc(C)cc5)C(=O)[C@@]3(c3ccccc3)[C@H]4c3ccc(O)c4ccccc34)C2=O)cc1. The lowest BCUT2D eigenvalue weighted by molar-refractivity contribution is -0.138. The smallest absolute Gasteiger partial charge is 0.260 e. The molecule has 9 rings (SSSR count). The summed E-state index contributed by atoms with van der Waals surface area (Å²) >= 11 is 0. The molecule has 5 aromatic rings. The highest BCUT2D eigenvalue weighted by Crippen LogP contribution is 2.65. The molecule has 0 spiro atoms. The number of benzene rings is 5. The third kappa shape index (κ3) is 4.73. The number of imide groups is 2.